The molecule has 0 radical (unpaired) electrons. The van der Waals surface area contributed by atoms with E-state index >= 15 is 0 Å². The molecule has 1 N–H and O–H groups in total. The summed E-state index contributed by atoms with van der Waals surface area (Å²) in [5, 5.41) is 2.67. The first-order chi connectivity index (χ1) is 14.1. The summed E-state index contributed by atoms with van der Waals surface area (Å²) >= 11 is 0. The van der Waals surface area contributed by atoms with Gasteiger partial charge in [-0.1, -0.05) is 36.4 Å². The van der Waals surface area contributed by atoms with Gasteiger partial charge in [0.15, 0.2) is 0 Å². The van der Waals surface area contributed by atoms with E-state index in [1.807, 2.05) is 30.3 Å². The van der Waals surface area contributed by atoms with Gasteiger partial charge < -0.3 is 10.2 Å². The third-order valence-electron chi connectivity index (χ3n) is 4.49. The Hall–Kier alpha value is -2.94. The van der Waals surface area contributed by atoms with Gasteiger partial charge in [0, 0.05) is 13.1 Å². The summed E-state index contributed by atoms with van der Waals surface area (Å²) < 4.78 is 39.1. The first-order valence-electron chi connectivity index (χ1n) is 9.48. The molecule has 30 heavy (non-hydrogen) atoms. The van der Waals surface area contributed by atoms with Gasteiger partial charge in [-0.25, -0.2) is 12.8 Å². The third-order valence-corrected chi connectivity index (χ3v) is 5.63. The molecule has 1 atom stereocenters. The van der Waals surface area contributed by atoms with Crippen LogP contribution < -0.4 is 9.62 Å². The lowest BCUT2D eigenvalue weighted by Crippen LogP contribution is -2.51. The second-order valence-corrected chi connectivity index (χ2v) is 8.73. The van der Waals surface area contributed by atoms with Crippen LogP contribution in [0.25, 0.3) is 0 Å². The Kier molecular flexibility index (Phi) is 7.93. The lowest BCUT2D eigenvalue weighted by molar-refractivity contribution is -0.139. The number of anilines is 1. The van der Waals surface area contributed by atoms with Crippen molar-refractivity contribution in [3.8, 4) is 0 Å². The van der Waals surface area contributed by atoms with E-state index in [1.54, 1.807) is 13.8 Å². The van der Waals surface area contributed by atoms with Gasteiger partial charge in [0.05, 0.1) is 11.9 Å². The summed E-state index contributed by atoms with van der Waals surface area (Å²) in [6, 6.07) is 13.3. The number of amides is 2. The molecule has 0 bridgehead atoms. The highest BCUT2D eigenvalue weighted by Crippen LogP contribution is 2.20. The first-order valence-corrected chi connectivity index (χ1v) is 11.3. The fourth-order valence-electron chi connectivity index (χ4n) is 2.93. The van der Waals surface area contributed by atoms with E-state index in [0.29, 0.717) is 6.54 Å². The molecule has 162 valence electrons. The van der Waals surface area contributed by atoms with E-state index in [4.69, 9.17) is 0 Å². The number of hydrogen-bond donors (Lipinski definition) is 1. The Balaban J connectivity index is 2.35. The van der Waals surface area contributed by atoms with Gasteiger partial charge in [-0.3, -0.25) is 13.9 Å². The lowest BCUT2D eigenvalue weighted by Gasteiger charge is -2.31. The van der Waals surface area contributed by atoms with Gasteiger partial charge in [0.1, 0.15) is 18.4 Å². The molecule has 2 rings (SSSR count). The fraction of sp³-hybridized carbons (Fsp3) is 0.333. The van der Waals surface area contributed by atoms with Crippen LogP contribution in [0.5, 0.6) is 0 Å². The molecule has 0 heterocycles. The van der Waals surface area contributed by atoms with Gasteiger partial charge in [-0.05, 0) is 37.6 Å². The van der Waals surface area contributed by atoms with Crippen molar-refractivity contribution in [2.24, 2.45) is 0 Å². The molecular formula is C21H26FN3O4S. The molecule has 2 amide bonds. The fourth-order valence-corrected chi connectivity index (χ4v) is 3.77. The van der Waals surface area contributed by atoms with Crippen LogP contribution >= 0.6 is 0 Å². The van der Waals surface area contributed by atoms with Crippen LogP contribution in [0, 0.1) is 5.82 Å². The van der Waals surface area contributed by atoms with E-state index in [0.717, 1.165) is 22.2 Å². The van der Waals surface area contributed by atoms with E-state index in [9.17, 15) is 22.4 Å². The van der Waals surface area contributed by atoms with Gasteiger partial charge in [-0.15, -0.1) is 0 Å². The Morgan fingerprint density at radius 2 is 1.77 bits per heavy atom. The number of carbonyl (C=O) groups is 2. The van der Waals surface area contributed by atoms with Crippen molar-refractivity contribution in [2.45, 2.75) is 26.4 Å². The topological polar surface area (TPSA) is 86.8 Å². The van der Waals surface area contributed by atoms with Crippen LogP contribution in [0.1, 0.15) is 19.4 Å². The molecule has 0 aromatic heterocycles. The number of carbonyl (C=O) groups excluding carboxylic acids is 2. The number of hydrogen-bond acceptors (Lipinski definition) is 4. The Morgan fingerprint density at radius 1 is 1.10 bits per heavy atom. The van der Waals surface area contributed by atoms with Gasteiger partial charge in [-0.2, -0.15) is 0 Å². The van der Waals surface area contributed by atoms with Crippen molar-refractivity contribution in [2.75, 3.05) is 23.7 Å². The summed E-state index contributed by atoms with van der Waals surface area (Å²) in [6.45, 7) is 3.31. The SMILES string of the molecule is CCNC(=O)[C@@H](C)N(Cc1ccccc1)C(=O)CN(c1cccc(F)c1)S(C)(=O)=O. The molecule has 0 aliphatic heterocycles. The molecular weight excluding hydrogens is 409 g/mol. The third kappa shape index (κ3) is 6.28. The molecule has 7 nitrogen and oxygen atoms in total. The number of halogens is 1. The molecule has 0 saturated heterocycles. The zero-order valence-corrected chi connectivity index (χ0v) is 18.0. The average molecular weight is 436 g/mol. The molecule has 0 spiro atoms. The number of sulfonamides is 1. The summed E-state index contributed by atoms with van der Waals surface area (Å²) in [6.07, 6.45) is 0.944. The number of benzene rings is 2. The highest BCUT2D eigenvalue weighted by Gasteiger charge is 2.29. The van der Waals surface area contributed by atoms with Crippen LogP contribution in [0.3, 0.4) is 0 Å². The second kappa shape index (κ2) is 10.2. The van der Waals surface area contributed by atoms with Crippen molar-refractivity contribution >= 4 is 27.5 Å². The van der Waals surface area contributed by atoms with E-state index in [-0.39, 0.29) is 18.1 Å². The summed E-state index contributed by atoms with van der Waals surface area (Å²) in [5.74, 6) is -1.55. The van der Waals surface area contributed by atoms with Crippen molar-refractivity contribution < 1.29 is 22.4 Å². The van der Waals surface area contributed by atoms with Gasteiger partial charge in [0.2, 0.25) is 21.8 Å². The Morgan fingerprint density at radius 3 is 2.33 bits per heavy atom. The molecule has 0 fully saturated rings. The number of nitrogens with one attached hydrogen (secondary N) is 1. The predicted molar refractivity (Wildman–Crippen MR) is 114 cm³/mol. The van der Waals surface area contributed by atoms with Gasteiger partial charge >= 0.3 is 0 Å². The molecule has 2 aromatic rings. The van der Waals surface area contributed by atoms with Crippen molar-refractivity contribution in [1.82, 2.24) is 10.2 Å². The molecule has 0 aliphatic carbocycles. The second-order valence-electron chi connectivity index (χ2n) is 6.83. The van der Waals surface area contributed by atoms with E-state index < -0.39 is 34.3 Å². The van der Waals surface area contributed by atoms with Crippen LogP contribution in [-0.2, 0) is 26.2 Å². The molecule has 0 unspecified atom stereocenters. The van der Waals surface area contributed by atoms with Crippen LogP contribution in [0.2, 0.25) is 0 Å². The molecule has 0 aliphatic rings. The Bertz CT molecular complexity index is 983. The molecule has 9 heteroatoms. The van der Waals surface area contributed by atoms with Crippen molar-refractivity contribution in [1.29, 1.82) is 0 Å². The normalized spacial score (nSPS) is 12.1. The van der Waals surface area contributed by atoms with Crippen LogP contribution in [0.4, 0.5) is 10.1 Å². The smallest absolute Gasteiger partial charge is 0.244 e. The molecule has 2 aromatic carbocycles. The summed E-state index contributed by atoms with van der Waals surface area (Å²) in [4.78, 5) is 26.9. The maximum Gasteiger partial charge on any atom is 0.244 e. The number of likely N-dealkylation sites (N-methyl/N-ethyl adjacent to an activating group) is 1. The van der Waals surface area contributed by atoms with Crippen LogP contribution in [-0.4, -0.2) is 50.5 Å². The minimum Gasteiger partial charge on any atom is -0.355 e. The maximum atomic E-state index is 13.6. The number of nitrogens with zero attached hydrogens (tertiary/aromatic N) is 2. The van der Waals surface area contributed by atoms with E-state index in [1.165, 1.54) is 23.1 Å². The molecule has 0 saturated carbocycles. The number of rotatable bonds is 9. The monoisotopic (exact) mass is 435 g/mol. The maximum absolute atomic E-state index is 13.6. The highest BCUT2D eigenvalue weighted by molar-refractivity contribution is 7.92. The quantitative estimate of drug-likeness (QED) is 0.654. The van der Waals surface area contributed by atoms with E-state index in [2.05, 4.69) is 5.32 Å². The van der Waals surface area contributed by atoms with Crippen LogP contribution in [0.15, 0.2) is 54.6 Å². The summed E-state index contributed by atoms with van der Waals surface area (Å²) in [5.41, 5.74) is 0.829. The summed E-state index contributed by atoms with van der Waals surface area (Å²) in [7, 11) is -3.87. The van der Waals surface area contributed by atoms with Crippen molar-refractivity contribution in [3.63, 3.8) is 0 Å². The largest absolute Gasteiger partial charge is 0.355 e. The highest BCUT2D eigenvalue weighted by atomic mass is 32.2. The van der Waals surface area contributed by atoms with Gasteiger partial charge in [0.25, 0.3) is 0 Å². The lowest BCUT2D eigenvalue weighted by atomic mass is 10.1. The minimum atomic E-state index is -3.87. The average Bonchev–Trinajstić information content (AvgIpc) is 2.69. The Labute approximate surface area is 176 Å². The van der Waals surface area contributed by atoms with Crippen molar-refractivity contribution in [3.05, 3.63) is 66.0 Å². The minimum absolute atomic E-state index is 0.0381. The standard InChI is InChI=1S/C21H26FN3O4S/c1-4-23-21(27)16(2)24(14-17-9-6-5-7-10-17)20(26)15-25(30(3,28)29)19-12-8-11-18(22)13-19/h5-13,16H,4,14-15H2,1-3H3,(H,23,27)/t16-/m1/s1. The zero-order valence-electron chi connectivity index (χ0n) is 17.2. The zero-order chi connectivity index (χ0) is 22.3. The predicted octanol–water partition coefficient (Wildman–Crippen LogP) is 2.15. The first kappa shape index (κ1) is 23.3.